The van der Waals surface area contributed by atoms with Crippen LogP contribution in [0.5, 0.6) is 0 Å². The van der Waals surface area contributed by atoms with Crippen LogP contribution in [0.4, 0.5) is 5.82 Å². The summed E-state index contributed by atoms with van der Waals surface area (Å²) in [7, 11) is 2.22. The van der Waals surface area contributed by atoms with E-state index in [1.54, 1.807) is 6.33 Å². The lowest BCUT2D eigenvalue weighted by Gasteiger charge is -2.41. The molecule has 0 atom stereocenters. The molecule has 1 aromatic carbocycles. The predicted octanol–water partition coefficient (Wildman–Crippen LogP) is 4.12. The highest BCUT2D eigenvalue weighted by atomic mass is 15.3. The van der Waals surface area contributed by atoms with Gasteiger partial charge in [-0.25, -0.2) is 19.6 Å². The van der Waals surface area contributed by atoms with E-state index >= 15 is 0 Å². The SMILES string of the molecule is CN1CCN(C2CCC(n3nc(-c4ccc(-c5cccn6ccnc56)cc4)c4c(N)ncnc43)CC2)CC1. The third-order valence-corrected chi connectivity index (χ3v) is 8.47. The predicted molar refractivity (Wildman–Crippen MR) is 150 cm³/mol. The molecule has 1 aliphatic heterocycles. The number of likely N-dealkylation sites (N-methyl/N-ethyl adjacent to an activating group) is 1. The number of benzene rings is 1. The first kappa shape index (κ1) is 23.3. The van der Waals surface area contributed by atoms with E-state index in [4.69, 9.17) is 10.8 Å². The number of fused-ring (bicyclic) bond motifs is 2. The van der Waals surface area contributed by atoms with E-state index in [2.05, 4.69) is 66.8 Å². The number of hydrogen-bond donors (Lipinski definition) is 1. The Hall–Kier alpha value is -3.82. The Labute approximate surface area is 221 Å². The number of pyridine rings is 1. The fourth-order valence-corrected chi connectivity index (χ4v) is 6.29. The molecular formula is C29H33N9. The summed E-state index contributed by atoms with van der Waals surface area (Å²) in [5, 5.41) is 5.98. The van der Waals surface area contributed by atoms with Gasteiger partial charge in [0.1, 0.15) is 23.5 Å². The number of anilines is 1. The lowest BCUT2D eigenvalue weighted by atomic mass is 9.90. The molecule has 2 N–H and O–H groups in total. The Morgan fingerprint density at radius 2 is 1.53 bits per heavy atom. The van der Waals surface area contributed by atoms with Crippen molar-refractivity contribution in [2.75, 3.05) is 39.0 Å². The molecule has 1 saturated heterocycles. The summed E-state index contributed by atoms with van der Waals surface area (Å²) in [5.74, 6) is 0.480. The van der Waals surface area contributed by atoms with E-state index in [0.717, 1.165) is 51.9 Å². The molecule has 7 rings (SSSR count). The number of imidazole rings is 1. The van der Waals surface area contributed by atoms with Crippen molar-refractivity contribution in [2.24, 2.45) is 0 Å². The first-order chi connectivity index (χ1) is 18.7. The first-order valence-corrected chi connectivity index (χ1v) is 13.6. The Morgan fingerprint density at radius 3 is 2.32 bits per heavy atom. The van der Waals surface area contributed by atoms with Crippen molar-refractivity contribution in [3.63, 3.8) is 0 Å². The number of nitrogens with two attached hydrogens (primary N) is 1. The van der Waals surface area contributed by atoms with E-state index in [1.165, 1.54) is 39.0 Å². The Morgan fingerprint density at radius 1 is 0.789 bits per heavy atom. The maximum Gasteiger partial charge on any atom is 0.164 e. The molecule has 0 bridgehead atoms. The standard InChI is InChI=1S/C29H33N9/c1-35-15-17-36(18-16-35)22-8-10-23(11-9-22)38-29-25(27(30)32-19-33-29)26(34-38)21-6-4-20(5-7-21)24-3-2-13-37-14-12-31-28(24)37/h2-7,12-14,19,22-23H,8-11,15-18H2,1H3,(H2,30,32,33). The van der Waals surface area contributed by atoms with Crippen LogP contribution in [0.2, 0.25) is 0 Å². The smallest absolute Gasteiger partial charge is 0.164 e. The minimum atomic E-state index is 0.321. The highest BCUT2D eigenvalue weighted by molar-refractivity contribution is 5.98. The van der Waals surface area contributed by atoms with Crippen LogP contribution >= 0.6 is 0 Å². The molecule has 38 heavy (non-hydrogen) atoms. The second kappa shape index (κ2) is 9.49. The largest absolute Gasteiger partial charge is 0.383 e. The minimum Gasteiger partial charge on any atom is -0.383 e. The number of nitrogens with zero attached hydrogens (tertiary/aromatic N) is 8. The van der Waals surface area contributed by atoms with Crippen molar-refractivity contribution < 1.29 is 0 Å². The molecule has 1 aliphatic carbocycles. The van der Waals surface area contributed by atoms with Crippen molar-refractivity contribution in [3.05, 3.63) is 61.3 Å². The van der Waals surface area contributed by atoms with Crippen LogP contribution in [-0.4, -0.2) is 78.2 Å². The summed E-state index contributed by atoms with van der Waals surface area (Å²) in [6.45, 7) is 4.68. The van der Waals surface area contributed by atoms with Crippen LogP contribution in [0.3, 0.4) is 0 Å². The van der Waals surface area contributed by atoms with E-state index in [1.807, 2.05) is 29.1 Å². The molecule has 0 spiro atoms. The highest BCUT2D eigenvalue weighted by Gasteiger charge is 2.30. The van der Waals surface area contributed by atoms with E-state index in [9.17, 15) is 0 Å². The van der Waals surface area contributed by atoms with Crippen molar-refractivity contribution in [1.82, 2.24) is 38.9 Å². The molecule has 2 aliphatic rings. The number of aromatic nitrogens is 6. The number of hydrogen-bond acceptors (Lipinski definition) is 7. The first-order valence-electron chi connectivity index (χ1n) is 13.6. The zero-order chi connectivity index (χ0) is 25.6. The van der Waals surface area contributed by atoms with E-state index < -0.39 is 0 Å². The van der Waals surface area contributed by atoms with Gasteiger partial charge in [0.2, 0.25) is 0 Å². The van der Waals surface area contributed by atoms with Crippen LogP contribution in [0, 0.1) is 0 Å². The van der Waals surface area contributed by atoms with Crippen molar-refractivity contribution in [3.8, 4) is 22.4 Å². The van der Waals surface area contributed by atoms with Crippen molar-refractivity contribution >= 4 is 22.5 Å². The van der Waals surface area contributed by atoms with Gasteiger partial charge in [-0.2, -0.15) is 5.10 Å². The molecule has 0 amide bonds. The molecule has 2 fully saturated rings. The third kappa shape index (κ3) is 4.02. The lowest BCUT2D eigenvalue weighted by Crippen LogP contribution is -2.49. The zero-order valence-electron chi connectivity index (χ0n) is 21.7. The number of piperazine rings is 1. The monoisotopic (exact) mass is 507 g/mol. The Bertz CT molecular complexity index is 1570. The fourth-order valence-electron chi connectivity index (χ4n) is 6.29. The summed E-state index contributed by atoms with van der Waals surface area (Å²) >= 11 is 0. The molecule has 4 aromatic heterocycles. The van der Waals surface area contributed by atoms with Crippen molar-refractivity contribution in [1.29, 1.82) is 0 Å². The van der Waals surface area contributed by atoms with Crippen LogP contribution in [-0.2, 0) is 0 Å². The van der Waals surface area contributed by atoms with Gasteiger partial charge in [0.05, 0.1) is 11.4 Å². The molecule has 5 heterocycles. The molecule has 5 aromatic rings. The quantitative estimate of drug-likeness (QED) is 0.391. The normalized spacial score (nSPS) is 21.4. The van der Waals surface area contributed by atoms with Gasteiger partial charge < -0.3 is 15.0 Å². The second-order valence-corrected chi connectivity index (χ2v) is 10.7. The van der Waals surface area contributed by atoms with Gasteiger partial charge in [0.25, 0.3) is 0 Å². The molecule has 0 unspecified atom stereocenters. The van der Waals surface area contributed by atoms with Gasteiger partial charge in [-0.15, -0.1) is 0 Å². The topological polar surface area (TPSA) is 93.4 Å². The van der Waals surface area contributed by atoms with Gasteiger partial charge in [-0.1, -0.05) is 24.3 Å². The molecule has 194 valence electrons. The second-order valence-electron chi connectivity index (χ2n) is 10.7. The third-order valence-electron chi connectivity index (χ3n) is 8.47. The van der Waals surface area contributed by atoms with Crippen LogP contribution in [0.25, 0.3) is 39.1 Å². The number of rotatable bonds is 4. The van der Waals surface area contributed by atoms with Gasteiger partial charge in [0, 0.05) is 61.9 Å². The number of nitrogen functional groups attached to an aromatic ring is 1. The van der Waals surface area contributed by atoms with E-state index in [0.29, 0.717) is 17.9 Å². The molecule has 0 radical (unpaired) electrons. The Balaban J connectivity index is 1.18. The van der Waals surface area contributed by atoms with Crippen LogP contribution in [0.1, 0.15) is 31.7 Å². The lowest BCUT2D eigenvalue weighted by molar-refractivity contribution is 0.0815. The van der Waals surface area contributed by atoms with Crippen LogP contribution < -0.4 is 5.73 Å². The summed E-state index contributed by atoms with van der Waals surface area (Å²) in [4.78, 5) is 18.6. The maximum absolute atomic E-state index is 6.41. The average Bonchev–Trinajstić information content (AvgIpc) is 3.60. The van der Waals surface area contributed by atoms with Crippen LogP contribution in [0.15, 0.2) is 61.3 Å². The zero-order valence-corrected chi connectivity index (χ0v) is 21.7. The van der Waals surface area contributed by atoms with Gasteiger partial charge >= 0.3 is 0 Å². The minimum absolute atomic E-state index is 0.321. The van der Waals surface area contributed by atoms with Crippen molar-refractivity contribution in [2.45, 2.75) is 37.8 Å². The maximum atomic E-state index is 6.41. The van der Waals surface area contributed by atoms with Gasteiger partial charge in [0.15, 0.2) is 5.65 Å². The van der Waals surface area contributed by atoms with Gasteiger partial charge in [-0.05, 0) is 50.4 Å². The molecule has 9 nitrogen and oxygen atoms in total. The fraction of sp³-hybridized carbons (Fsp3) is 0.379. The molecule has 1 saturated carbocycles. The summed E-state index contributed by atoms with van der Waals surface area (Å²) in [6.07, 6.45) is 12.0. The molecular weight excluding hydrogens is 474 g/mol. The van der Waals surface area contributed by atoms with E-state index in [-0.39, 0.29) is 0 Å². The Kier molecular flexibility index (Phi) is 5.82. The summed E-state index contributed by atoms with van der Waals surface area (Å²) in [6, 6.07) is 13.6. The highest BCUT2D eigenvalue weighted by Crippen LogP contribution is 2.37. The van der Waals surface area contributed by atoms with Gasteiger partial charge in [-0.3, -0.25) is 4.90 Å². The summed E-state index contributed by atoms with van der Waals surface area (Å²) < 4.78 is 4.16. The summed E-state index contributed by atoms with van der Waals surface area (Å²) in [5.41, 5.74) is 12.3. The molecule has 9 heteroatoms. The average molecular weight is 508 g/mol.